The number of halogens is 2. The van der Waals surface area contributed by atoms with Crippen molar-refractivity contribution in [2.75, 3.05) is 45.8 Å². The second-order valence-corrected chi connectivity index (χ2v) is 8.35. The van der Waals surface area contributed by atoms with Gasteiger partial charge in [0, 0.05) is 44.9 Å². The highest BCUT2D eigenvalue weighted by Gasteiger charge is 2.22. The number of piperidine rings is 1. The number of carbonyl (C=O) groups excluding carboxylic acids is 2. The zero-order valence-electron chi connectivity index (χ0n) is 16.7. The molecule has 3 rings (SSSR count). The fraction of sp³-hybridized carbons (Fsp3) is 0.571. The SMILES string of the molecule is O=C(C=Cc1cnc(Cl)c(Cl)c1)N1CCC(=O)N(CCCN2CCCCC2)CC1. The highest BCUT2D eigenvalue weighted by molar-refractivity contribution is 6.41. The summed E-state index contributed by atoms with van der Waals surface area (Å²) in [6.07, 6.45) is 9.99. The van der Waals surface area contributed by atoms with Crippen LogP contribution in [-0.2, 0) is 9.59 Å². The lowest BCUT2D eigenvalue weighted by Gasteiger charge is -2.28. The zero-order valence-corrected chi connectivity index (χ0v) is 18.2. The zero-order chi connectivity index (χ0) is 20.6. The molecule has 3 heterocycles. The fourth-order valence-corrected chi connectivity index (χ4v) is 4.07. The smallest absolute Gasteiger partial charge is 0.246 e. The molecular weight excluding hydrogens is 411 g/mol. The summed E-state index contributed by atoms with van der Waals surface area (Å²) >= 11 is 11.8. The number of hydrogen-bond acceptors (Lipinski definition) is 4. The number of pyridine rings is 1. The van der Waals surface area contributed by atoms with Gasteiger partial charge in [-0.15, -0.1) is 0 Å². The average Bonchev–Trinajstić information content (AvgIpc) is 2.91. The number of nitrogens with zero attached hydrogens (tertiary/aromatic N) is 4. The van der Waals surface area contributed by atoms with Crippen LogP contribution < -0.4 is 0 Å². The van der Waals surface area contributed by atoms with Gasteiger partial charge in [0.25, 0.3) is 0 Å². The molecule has 0 radical (unpaired) electrons. The van der Waals surface area contributed by atoms with Gasteiger partial charge in [0.1, 0.15) is 5.15 Å². The van der Waals surface area contributed by atoms with Crippen molar-refractivity contribution in [3.8, 4) is 0 Å². The molecule has 0 N–H and O–H groups in total. The topological polar surface area (TPSA) is 56.8 Å². The molecule has 1 aromatic rings. The van der Waals surface area contributed by atoms with Gasteiger partial charge < -0.3 is 14.7 Å². The highest BCUT2D eigenvalue weighted by Crippen LogP contribution is 2.20. The molecule has 6 nitrogen and oxygen atoms in total. The predicted octanol–water partition coefficient (Wildman–Crippen LogP) is 3.34. The van der Waals surface area contributed by atoms with Gasteiger partial charge >= 0.3 is 0 Å². The number of rotatable bonds is 6. The molecule has 2 aliphatic rings. The van der Waals surface area contributed by atoms with Gasteiger partial charge in [-0.3, -0.25) is 9.59 Å². The first-order valence-corrected chi connectivity index (χ1v) is 11.1. The maximum Gasteiger partial charge on any atom is 0.246 e. The van der Waals surface area contributed by atoms with E-state index < -0.39 is 0 Å². The van der Waals surface area contributed by atoms with E-state index in [4.69, 9.17) is 23.2 Å². The monoisotopic (exact) mass is 438 g/mol. The van der Waals surface area contributed by atoms with Gasteiger partial charge in [0.15, 0.2) is 0 Å². The van der Waals surface area contributed by atoms with Crippen molar-refractivity contribution >= 4 is 41.1 Å². The maximum atomic E-state index is 12.5. The van der Waals surface area contributed by atoms with E-state index in [0.29, 0.717) is 36.6 Å². The first-order valence-electron chi connectivity index (χ1n) is 10.3. The van der Waals surface area contributed by atoms with Gasteiger partial charge in [-0.25, -0.2) is 4.98 Å². The normalized spacial score (nSPS) is 19.0. The molecular formula is C21H28Cl2N4O2. The molecule has 8 heteroatoms. The van der Waals surface area contributed by atoms with Crippen LogP contribution in [0.2, 0.25) is 10.2 Å². The van der Waals surface area contributed by atoms with Crippen LogP contribution in [0.3, 0.4) is 0 Å². The molecule has 0 atom stereocenters. The van der Waals surface area contributed by atoms with E-state index in [1.165, 1.54) is 38.4 Å². The molecule has 0 aromatic carbocycles. The number of amides is 2. The number of carbonyl (C=O) groups is 2. The maximum absolute atomic E-state index is 12.5. The third-order valence-electron chi connectivity index (χ3n) is 5.49. The predicted molar refractivity (Wildman–Crippen MR) is 116 cm³/mol. The summed E-state index contributed by atoms with van der Waals surface area (Å²) in [5.41, 5.74) is 0.706. The molecule has 0 bridgehead atoms. The molecule has 29 heavy (non-hydrogen) atoms. The highest BCUT2D eigenvalue weighted by atomic mass is 35.5. The lowest BCUT2D eigenvalue weighted by atomic mass is 10.1. The Kier molecular flexibility index (Phi) is 8.33. The van der Waals surface area contributed by atoms with Crippen molar-refractivity contribution in [2.45, 2.75) is 32.1 Å². The van der Waals surface area contributed by atoms with Crippen molar-refractivity contribution in [3.05, 3.63) is 34.1 Å². The van der Waals surface area contributed by atoms with E-state index in [1.54, 1.807) is 23.2 Å². The van der Waals surface area contributed by atoms with Crippen LogP contribution in [0.15, 0.2) is 18.3 Å². The minimum atomic E-state index is -0.112. The Balaban J connectivity index is 1.47. The van der Waals surface area contributed by atoms with Gasteiger partial charge in [-0.2, -0.15) is 0 Å². The lowest BCUT2D eigenvalue weighted by Crippen LogP contribution is -2.37. The van der Waals surface area contributed by atoms with Crippen molar-refractivity contribution in [3.63, 3.8) is 0 Å². The van der Waals surface area contributed by atoms with Crippen LogP contribution in [0.1, 0.15) is 37.7 Å². The minimum absolute atomic E-state index is 0.112. The molecule has 1 aromatic heterocycles. The molecule has 2 amide bonds. The Labute approximate surface area is 182 Å². The summed E-state index contributed by atoms with van der Waals surface area (Å²) in [5.74, 6) is 0.0237. The summed E-state index contributed by atoms with van der Waals surface area (Å²) in [6.45, 7) is 5.76. The van der Waals surface area contributed by atoms with Crippen LogP contribution >= 0.6 is 23.2 Å². The molecule has 2 saturated heterocycles. The molecule has 0 spiro atoms. The largest absolute Gasteiger partial charge is 0.341 e. The van der Waals surface area contributed by atoms with Crippen LogP contribution in [-0.4, -0.2) is 77.3 Å². The summed E-state index contributed by atoms with van der Waals surface area (Å²) in [7, 11) is 0. The van der Waals surface area contributed by atoms with Gasteiger partial charge in [-0.1, -0.05) is 29.6 Å². The van der Waals surface area contributed by atoms with Crippen LogP contribution in [0, 0.1) is 0 Å². The molecule has 158 valence electrons. The summed E-state index contributed by atoms with van der Waals surface area (Å²) in [6, 6.07) is 1.66. The molecule has 2 fully saturated rings. The van der Waals surface area contributed by atoms with Crippen molar-refractivity contribution in [1.82, 2.24) is 19.7 Å². The minimum Gasteiger partial charge on any atom is -0.341 e. The average molecular weight is 439 g/mol. The first-order chi connectivity index (χ1) is 14.0. The standard InChI is InChI=1S/C21H28Cl2N4O2/c22-18-15-17(16-24-21(18)23)5-6-19(28)27-12-7-20(29)26(13-14-27)11-4-10-25-8-2-1-3-9-25/h5-6,15-16H,1-4,7-14H2. The Morgan fingerprint density at radius 1 is 1.07 bits per heavy atom. The van der Waals surface area contributed by atoms with Gasteiger partial charge in [0.2, 0.25) is 11.8 Å². The third-order valence-corrected chi connectivity index (χ3v) is 6.17. The van der Waals surface area contributed by atoms with E-state index in [9.17, 15) is 9.59 Å². The lowest BCUT2D eigenvalue weighted by molar-refractivity contribution is -0.130. The fourth-order valence-electron chi connectivity index (χ4n) is 3.79. The van der Waals surface area contributed by atoms with Crippen molar-refractivity contribution in [1.29, 1.82) is 0 Å². The summed E-state index contributed by atoms with van der Waals surface area (Å²) in [5, 5.41) is 0.586. The van der Waals surface area contributed by atoms with E-state index in [2.05, 4.69) is 9.88 Å². The number of likely N-dealkylation sites (tertiary alicyclic amines) is 1. The van der Waals surface area contributed by atoms with Crippen molar-refractivity contribution in [2.24, 2.45) is 0 Å². The van der Waals surface area contributed by atoms with Gasteiger partial charge in [-0.05, 0) is 56.6 Å². The molecule has 0 saturated carbocycles. The molecule has 0 unspecified atom stereocenters. The quantitative estimate of drug-likeness (QED) is 0.504. The van der Waals surface area contributed by atoms with Crippen molar-refractivity contribution < 1.29 is 9.59 Å². The number of aromatic nitrogens is 1. The Hall–Kier alpha value is -1.63. The molecule has 2 aliphatic heterocycles. The second kappa shape index (κ2) is 11.0. The summed E-state index contributed by atoms with van der Waals surface area (Å²) in [4.78, 5) is 35.1. The number of hydrogen-bond donors (Lipinski definition) is 0. The summed E-state index contributed by atoms with van der Waals surface area (Å²) < 4.78 is 0. The van der Waals surface area contributed by atoms with E-state index in [0.717, 1.165) is 19.5 Å². The Morgan fingerprint density at radius 3 is 2.62 bits per heavy atom. The van der Waals surface area contributed by atoms with Crippen LogP contribution in [0.4, 0.5) is 0 Å². The van der Waals surface area contributed by atoms with E-state index >= 15 is 0 Å². The van der Waals surface area contributed by atoms with E-state index in [1.807, 2.05) is 4.90 Å². The van der Waals surface area contributed by atoms with E-state index in [-0.39, 0.29) is 17.0 Å². The Bertz CT molecular complexity index is 750. The Morgan fingerprint density at radius 2 is 1.86 bits per heavy atom. The van der Waals surface area contributed by atoms with Crippen LogP contribution in [0.5, 0.6) is 0 Å². The van der Waals surface area contributed by atoms with Crippen LogP contribution in [0.25, 0.3) is 6.08 Å². The third kappa shape index (κ3) is 6.69. The second-order valence-electron chi connectivity index (χ2n) is 7.59. The molecule has 0 aliphatic carbocycles. The van der Waals surface area contributed by atoms with Gasteiger partial charge in [0.05, 0.1) is 5.02 Å². The first kappa shape index (κ1) is 22.1.